The Labute approximate surface area is 187 Å². The maximum Gasteiger partial charge on any atom is 0.338 e. The highest BCUT2D eigenvalue weighted by molar-refractivity contribution is 5.90. The second-order valence-electron chi connectivity index (χ2n) is 8.11. The number of nitrogens with zero attached hydrogens (tertiary/aromatic N) is 2. The number of esters is 1. The number of hydrogen-bond acceptors (Lipinski definition) is 5. The summed E-state index contributed by atoms with van der Waals surface area (Å²) in [5.74, 6) is 0.624. The van der Waals surface area contributed by atoms with Crippen molar-refractivity contribution in [3.8, 4) is 5.75 Å². The molecule has 166 valence electrons. The normalized spacial score (nSPS) is 14.9. The van der Waals surface area contributed by atoms with E-state index in [1.54, 1.807) is 37.5 Å². The number of rotatable bonds is 6. The predicted octanol–water partition coefficient (Wildman–Crippen LogP) is 5.58. The van der Waals surface area contributed by atoms with Crippen molar-refractivity contribution in [1.29, 1.82) is 0 Å². The van der Waals surface area contributed by atoms with Gasteiger partial charge in [-0.1, -0.05) is 12.1 Å². The number of aryl methyl sites for hydroxylation is 2. The highest BCUT2D eigenvalue weighted by Crippen LogP contribution is 2.40. The fraction of sp³-hybridized carbons (Fsp3) is 0.308. The van der Waals surface area contributed by atoms with Crippen molar-refractivity contribution in [1.82, 2.24) is 4.98 Å². The number of aromatic nitrogens is 1. The van der Waals surface area contributed by atoms with Crippen molar-refractivity contribution in [2.75, 3.05) is 25.7 Å². The van der Waals surface area contributed by atoms with Crippen LogP contribution in [0.25, 0.3) is 0 Å². The molecular formula is C26H27FN2O3. The van der Waals surface area contributed by atoms with Crippen LogP contribution in [0.1, 0.15) is 45.8 Å². The van der Waals surface area contributed by atoms with E-state index in [9.17, 15) is 9.18 Å². The molecule has 1 aliphatic heterocycles. The van der Waals surface area contributed by atoms with Gasteiger partial charge in [-0.05, 0) is 73.1 Å². The van der Waals surface area contributed by atoms with E-state index in [0.29, 0.717) is 23.7 Å². The highest BCUT2D eigenvalue weighted by atomic mass is 19.1. The van der Waals surface area contributed by atoms with Gasteiger partial charge in [-0.3, -0.25) is 4.98 Å². The molecule has 1 aliphatic rings. The Morgan fingerprint density at radius 1 is 1.22 bits per heavy atom. The van der Waals surface area contributed by atoms with Crippen LogP contribution in [-0.2, 0) is 11.2 Å². The molecule has 3 aromatic rings. The average molecular weight is 435 g/mol. The molecule has 0 amide bonds. The molecule has 0 N–H and O–H groups in total. The first-order valence-electron chi connectivity index (χ1n) is 10.8. The number of benzene rings is 2. The number of fused-ring (bicyclic) bond motifs is 1. The lowest BCUT2D eigenvalue weighted by molar-refractivity contribution is 0.0599. The largest absolute Gasteiger partial charge is 0.493 e. The fourth-order valence-electron chi connectivity index (χ4n) is 4.17. The Kier molecular flexibility index (Phi) is 6.40. The molecule has 0 unspecified atom stereocenters. The minimum Gasteiger partial charge on any atom is -0.493 e. The summed E-state index contributed by atoms with van der Waals surface area (Å²) in [4.78, 5) is 18.2. The van der Waals surface area contributed by atoms with Crippen molar-refractivity contribution in [2.45, 2.75) is 32.1 Å². The number of ether oxygens (including phenoxy) is 2. The number of hydrogen-bond donors (Lipinski definition) is 0. The van der Waals surface area contributed by atoms with Gasteiger partial charge in [0, 0.05) is 36.9 Å². The number of carbonyl (C=O) groups excluding carboxylic acids is 1. The summed E-state index contributed by atoms with van der Waals surface area (Å²) in [5, 5.41) is 0. The van der Waals surface area contributed by atoms with Crippen LogP contribution in [0, 0.1) is 12.7 Å². The van der Waals surface area contributed by atoms with Gasteiger partial charge in [-0.25, -0.2) is 9.18 Å². The fourth-order valence-corrected chi connectivity index (χ4v) is 4.17. The van der Waals surface area contributed by atoms with E-state index in [-0.39, 0.29) is 11.8 Å². The lowest BCUT2D eigenvalue weighted by atomic mass is 9.87. The predicted molar refractivity (Wildman–Crippen MR) is 122 cm³/mol. The maximum atomic E-state index is 14.0. The Morgan fingerprint density at radius 3 is 2.78 bits per heavy atom. The van der Waals surface area contributed by atoms with Crippen LogP contribution in [0.3, 0.4) is 0 Å². The third kappa shape index (κ3) is 4.44. The van der Waals surface area contributed by atoms with Gasteiger partial charge >= 0.3 is 5.97 Å². The molecule has 0 spiro atoms. The van der Waals surface area contributed by atoms with E-state index in [4.69, 9.17) is 9.47 Å². The Bertz CT molecular complexity index is 1130. The quantitative estimate of drug-likeness (QED) is 0.474. The Hall–Kier alpha value is -3.41. The highest BCUT2D eigenvalue weighted by Gasteiger charge is 2.23. The van der Waals surface area contributed by atoms with Gasteiger partial charge in [0.1, 0.15) is 11.6 Å². The molecule has 2 heterocycles. The average Bonchev–Trinajstić information content (AvgIpc) is 2.83. The molecule has 0 saturated carbocycles. The van der Waals surface area contributed by atoms with Gasteiger partial charge in [0.05, 0.1) is 19.3 Å². The van der Waals surface area contributed by atoms with Gasteiger partial charge in [-0.15, -0.1) is 0 Å². The van der Waals surface area contributed by atoms with Crippen molar-refractivity contribution in [3.05, 3.63) is 82.9 Å². The van der Waals surface area contributed by atoms with Gasteiger partial charge < -0.3 is 14.4 Å². The van der Waals surface area contributed by atoms with Crippen molar-refractivity contribution in [2.24, 2.45) is 0 Å². The van der Waals surface area contributed by atoms with Crippen LogP contribution >= 0.6 is 0 Å². The second-order valence-corrected chi connectivity index (χ2v) is 8.11. The van der Waals surface area contributed by atoms with Gasteiger partial charge in [0.25, 0.3) is 0 Å². The monoisotopic (exact) mass is 434 g/mol. The summed E-state index contributed by atoms with van der Waals surface area (Å²) >= 11 is 0. The zero-order valence-corrected chi connectivity index (χ0v) is 18.6. The van der Waals surface area contributed by atoms with Gasteiger partial charge in [0.2, 0.25) is 0 Å². The van der Waals surface area contributed by atoms with Gasteiger partial charge in [0.15, 0.2) is 0 Å². The number of methoxy groups -OCH3 is 1. The topological polar surface area (TPSA) is 51.7 Å². The van der Waals surface area contributed by atoms with E-state index in [2.05, 4.69) is 11.1 Å². The van der Waals surface area contributed by atoms with Crippen LogP contribution in [0.4, 0.5) is 15.8 Å². The second kappa shape index (κ2) is 9.39. The summed E-state index contributed by atoms with van der Waals surface area (Å²) in [5.41, 5.74) is 4.97. The number of halogens is 1. The van der Waals surface area contributed by atoms with Crippen LogP contribution in [0.2, 0.25) is 0 Å². The van der Waals surface area contributed by atoms with Crippen LogP contribution in [0.15, 0.2) is 54.9 Å². The standard InChI is InChI=1S/C26H27FN2O3/c1-17-4-7-20(14-24(17)27)29(2)21-8-9-22-18(11-13-32-25(22)15-21)5-6-19-16-28-12-10-23(19)26(30)31-3/h4,7-10,12,14-16,18H,5-6,11,13H2,1-3H3/t18-/m1/s1. The lowest BCUT2D eigenvalue weighted by Crippen LogP contribution is -2.17. The summed E-state index contributed by atoms with van der Waals surface area (Å²) in [6, 6.07) is 13.1. The molecular weight excluding hydrogens is 407 g/mol. The van der Waals surface area contributed by atoms with Crippen molar-refractivity contribution >= 4 is 17.3 Å². The van der Waals surface area contributed by atoms with Crippen molar-refractivity contribution in [3.63, 3.8) is 0 Å². The Morgan fingerprint density at radius 2 is 2.00 bits per heavy atom. The SMILES string of the molecule is COC(=O)c1ccncc1CC[C@@H]1CCOc2cc(N(C)c3ccc(C)c(F)c3)ccc21. The summed E-state index contributed by atoms with van der Waals surface area (Å²) in [6.45, 7) is 2.40. The van der Waals surface area contributed by atoms with E-state index >= 15 is 0 Å². The zero-order chi connectivity index (χ0) is 22.7. The minimum atomic E-state index is -0.338. The van der Waals surface area contributed by atoms with Crippen LogP contribution in [0.5, 0.6) is 5.75 Å². The first-order valence-corrected chi connectivity index (χ1v) is 10.8. The molecule has 1 atom stereocenters. The summed E-state index contributed by atoms with van der Waals surface area (Å²) < 4.78 is 24.9. The lowest BCUT2D eigenvalue weighted by Gasteiger charge is -2.28. The van der Waals surface area contributed by atoms with E-state index in [0.717, 1.165) is 47.5 Å². The molecule has 0 saturated heterocycles. The summed E-state index contributed by atoms with van der Waals surface area (Å²) in [7, 11) is 3.31. The first-order chi connectivity index (χ1) is 15.5. The molecule has 0 bridgehead atoms. The third-order valence-corrected chi connectivity index (χ3v) is 6.16. The number of carbonyl (C=O) groups is 1. The molecule has 1 aromatic heterocycles. The molecule has 0 fully saturated rings. The molecule has 4 rings (SSSR count). The third-order valence-electron chi connectivity index (χ3n) is 6.16. The molecule has 6 heteroatoms. The zero-order valence-electron chi connectivity index (χ0n) is 18.6. The summed E-state index contributed by atoms with van der Waals surface area (Å²) in [6.07, 6.45) is 5.87. The smallest absolute Gasteiger partial charge is 0.338 e. The molecule has 0 radical (unpaired) electrons. The van der Waals surface area contributed by atoms with E-state index in [1.165, 1.54) is 7.11 Å². The number of pyridine rings is 1. The molecule has 0 aliphatic carbocycles. The van der Waals surface area contributed by atoms with E-state index < -0.39 is 0 Å². The van der Waals surface area contributed by atoms with E-state index in [1.807, 2.05) is 30.1 Å². The Balaban J connectivity index is 1.52. The molecule has 5 nitrogen and oxygen atoms in total. The van der Waals surface area contributed by atoms with Crippen LogP contribution in [-0.4, -0.2) is 31.7 Å². The minimum absolute atomic E-state index is 0.217. The van der Waals surface area contributed by atoms with Gasteiger partial charge in [-0.2, -0.15) is 0 Å². The molecule has 32 heavy (non-hydrogen) atoms. The van der Waals surface area contributed by atoms with Crippen molar-refractivity contribution < 1.29 is 18.7 Å². The molecule has 2 aromatic carbocycles. The maximum absolute atomic E-state index is 14.0. The first kappa shape index (κ1) is 21.8. The van der Waals surface area contributed by atoms with Crippen LogP contribution < -0.4 is 9.64 Å². The number of anilines is 2.